The first kappa shape index (κ1) is 32.3. The molecule has 1 aromatic heterocycles. The molecule has 2 aliphatic rings. The molecule has 3 heterocycles. The highest BCUT2D eigenvalue weighted by molar-refractivity contribution is 6.28. The molecule has 4 unspecified atom stereocenters. The molecule has 0 amide bonds. The number of halogens is 1. The van der Waals surface area contributed by atoms with Gasteiger partial charge in [-0.05, 0) is 116 Å². The van der Waals surface area contributed by atoms with Crippen molar-refractivity contribution in [2.45, 2.75) is 157 Å². The van der Waals surface area contributed by atoms with E-state index < -0.39 is 0 Å². The summed E-state index contributed by atoms with van der Waals surface area (Å²) < 4.78 is 0. The van der Waals surface area contributed by atoms with E-state index in [1.165, 1.54) is 0 Å². The maximum atomic E-state index is 6.79. The molecule has 2 saturated heterocycles. The van der Waals surface area contributed by atoms with Crippen molar-refractivity contribution in [1.82, 2.24) is 25.6 Å². The smallest absolute Gasteiger partial charge is 0.231 e. The van der Waals surface area contributed by atoms with Crippen LogP contribution >= 0.6 is 11.6 Å². The van der Waals surface area contributed by atoms with Crippen molar-refractivity contribution in [2.24, 2.45) is 10.8 Å². The van der Waals surface area contributed by atoms with Gasteiger partial charge in [0.05, 0.1) is 0 Å². The zero-order valence-corrected chi connectivity index (χ0v) is 27.8. The summed E-state index contributed by atoms with van der Waals surface area (Å²) in [6.45, 7) is 29.8. The molecule has 0 saturated carbocycles. The average molecular weight is 564 g/mol. The van der Waals surface area contributed by atoms with E-state index in [0.717, 1.165) is 63.5 Å². The van der Waals surface area contributed by atoms with Crippen LogP contribution in [0.25, 0.3) is 0 Å². The van der Waals surface area contributed by atoms with Crippen LogP contribution in [0.4, 0.5) is 11.9 Å². The summed E-state index contributed by atoms with van der Waals surface area (Å²) in [7, 11) is 0. The second kappa shape index (κ2) is 12.0. The van der Waals surface area contributed by atoms with E-state index in [1.807, 2.05) is 0 Å². The van der Waals surface area contributed by atoms with Gasteiger partial charge in [-0.2, -0.15) is 15.0 Å². The Kier molecular flexibility index (Phi) is 9.93. The molecular formula is C31H58ClN7. The van der Waals surface area contributed by atoms with Gasteiger partial charge in [0.15, 0.2) is 0 Å². The number of piperidine rings is 2. The molecular weight excluding hydrogens is 506 g/mol. The summed E-state index contributed by atoms with van der Waals surface area (Å²) in [6.07, 6.45) is 6.31. The minimum absolute atomic E-state index is 0.0588. The third kappa shape index (κ3) is 7.56. The number of nitrogens with one attached hydrogen (secondary N) is 2. The molecule has 8 heteroatoms. The summed E-state index contributed by atoms with van der Waals surface area (Å²) in [5.74, 6) is 1.45. The molecule has 7 nitrogen and oxygen atoms in total. The fraction of sp³-hybridized carbons (Fsp3) is 0.903. The molecule has 224 valence electrons. The van der Waals surface area contributed by atoms with E-state index >= 15 is 0 Å². The number of rotatable bonds is 10. The SMILES string of the molecule is CCC(C)(C)C(C)N(c1nc(Cl)nc(N(C2CCNC(C)(C)C2)C(C)C(C)(C)CC)n1)C1CCNC(C)(C)C1. The van der Waals surface area contributed by atoms with E-state index in [0.29, 0.717) is 12.1 Å². The lowest BCUT2D eigenvalue weighted by Crippen LogP contribution is -2.58. The lowest BCUT2D eigenvalue weighted by atomic mass is 9.79. The highest BCUT2D eigenvalue weighted by Crippen LogP contribution is 2.39. The first-order valence-electron chi connectivity index (χ1n) is 15.4. The normalized spacial score (nSPS) is 25.2. The van der Waals surface area contributed by atoms with E-state index in [9.17, 15) is 0 Å². The van der Waals surface area contributed by atoms with Crippen LogP contribution < -0.4 is 20.4 Å². The van der Waals surface area contributed by atoms with Crippen LogP contribution in [0.5, 0.6) is 0 Å². The summed E-state index contributed by atoms with van der Waals surface area (Å²) in [5.41, 5.74) is 0.293. The van der Waals surface area contributed by atoms with Gasteiger partial charge in [-0.25, -0.2) is 0 Å². The standard InChI is InChI=1S/C31H58ClN7/c1-13-28(5,6)21(3)38(23-15-17-33-30(9,10)19-23)26-35-25(32)36-27(37-26)39(22(4)29(7,8)14-2)24-16-18-34-31(11,12)20-24/h21-24,33-34H,13-20H2,1-12H3. The number of hydrogen-bond donors (Lipinski definition) is 2. The second-order valence-electron chi connectivity index (χ2n) is 15.0. The van der Waals surface area contributed by atoms with Gasteiger partial charge < -0.3 is 20.4 Å². The van der Waals surface area contributed by atoms with Crippen LogP contribution in [0.1, 0.15) is 122 Å². The molecule has 2 aliphatic heterocycles. The van der Waals surface area contributed by atoms with Crippen molar-refractivity contribution in [2.75, 3.05) is 22.9 Å². The zero-order valence-electron chi connectivity index (χ0n) is 27.1. The molecule has 0 spiro atoms. The number of anilines is 2. The van der Waals surface area contributed by atoms with Crippen LogP contribution in [-0.4, -0.2) is 63.3 Å². The van der Waals surface area contributed by atoms with Crippen LogP contribution in [0.15, 0.2) is 0 Å². The molecule has 3 rings (SSSR count). The molecule has 4 atom stereocenters. The first-order valence-corrected chi connectivity index (χ1v) is 15.8. The van der Waals surface area contributed by atoms with Gasteiger partial charge in [-0.3, -0.25) is 0 Å². The third-order valence-electron chi connectivity index (χ3n) is 10.4. The van der Waals surface area contributed by atoms with Crippen molar-refractivity contribution >= 4 is 23.5 Å². The Morgan fingerprint density at radius 3 is 1.44 bits per heavy atom. The van der Waals surface area contributed by atoms with Gasteiger partial charge >= 0.3 is 0 Å². The Morgan fingerprint density at radius 1 is 0.769 bits per heavy atom. The predicted octanol–water partition coefficient (Wildman–Crippen LogP) is 6.85. The average Bonchev–Trinajstić information content (AvgIpc) is 2.82. The number of nitrogens with zero attached hydrogens (tertiary/aromatic N) is 5. The van der Waals surface area contributed by atoms with Crippen molar-refractivity contribution in [1.29, 1.82) is 0 Å². The maximum absolute atomic E-state index is 6.79. The Balaban J connectivity index is 2.15. The molecule has 0 aliphatic carbocycles. The summed E-state index contributed by atoms with van der Waals surface area (Å²) in [4.78, 5) is 20.0. The first-order chi connectivity index (χ1) is 17.9. The number of hydrogen-bond acceptors (Lipinski definition) is 7. The quantitative estimate of drug-likeness (QED) is 0.322. The van der Waals surface area contributed by atoms with Crippen molar-refractivity contribution in [3.63, 3.8) is 0 Å². The van der Waals surface area contributed by atoms with Gasteiger partial charge in [0, 0.05) is 35.2 Å². The van der Waals surface area contributed by atoms with Crippen molar-refractivity contribution < 1.29 is 0 Å². The Morgan fingerprint density at radius 2 is 1.13 bits per heavy atom. The third-order valence-corrected chi connectivity index (χ3v) is 10.6. The van der Waals surface area contributed by atoms with Gasteiger partial charge in [0.1, 0.15) is 0 Å². The van der Waals surface area contributed by atoms with Crippen LogP contribution in [-0.2, 0) is 0 Å². The Hall–Kier alpha value is -1.18. The molecule has 0 aromatic carbocycles. The lowest BCUT2D eigenvalue weighted by molar-refractivity contribution is 0.210. The second-order valence-corrected chi connectivity index (χ2v) is 15.3. The number of aromatic nitrogens is 3. The largest absolute Gasteiger partial charge is 0.334 e. The highest BCUT2D eigenvalue weighted by atomic mass is 35.5. The topological polar surface area (TPSA) is 69.2 Å². The fourth-order valence-corrected chi connectivity index (χ4v) is 6.52. The maximum Gasteiger partial charge on any atom is 0.231 e. The fourth-order valence-electron chi connectivity index (χ4n) is 6.37. The lowest BCUT2D eigenvalue weighted by Gasteiger charge is -2.49. The summed E-state index contributed by atoms with van der Waals surface area (Å²) >= 11 is 6.79. The Labute approximate surface area is 244 Å². The van der Waals surface area contributed by atoms with Gasteiger partial charge in [-0.1, -0.05) is 41.5 Å². The van der Waals surface area contributed by atoms with Crippen LogP contribution in [0, 0.1) is 10.8 Å². The zero-order chi connectivity index (χ0) is 29.4. The van der Waals surface area contributed by atoms with Crippen LogP contribution in [0.3, 0.4) is 0 Å². The molecule has 2 fully saturated rings. The minimum Gasteiger partial charge on any atom is -0.334 e. The van der Waals surface area contributed by atoms with Gasteiger partial charge in [0.2, 0.25) is 17.2 Å². The van der Waals surface area contributed by atoms with E-state index in [2.05, 4.69) is 104 Å². The van der Waals surface area contributed by atoms with Gasteiger partial charge in [-0.15, -0.1) is 0 Å². The predicted molar refractivity (Wildman–Crippen MR) is 167 cm³/mol. The molecule has 0 bridgehead atoms. The highest BCUT2D eigenvalue weighted by Gasteiger charge is 2.42. The van der Waals surface area contributed by atoms with E-state index in [1.54, 1.807) is 0 Å². The van der Waals surface area contributed by atoms with Gasteiger partial charge in [0.25, 0.3) is 0 Å². The minimum atomic E-state index is 0.0588. The van der Waals surface area contributed by atoms with Crippen molar-refractivity contribution in [3.05, 3.63) is 5.28 Å². The molecule has 0 radical (unpaired) electrons. The van der Waals surface area contributed by atoms with E-state index in [-0.39, 0.29) is 39.3 Å². The van der Waals surface area contributed by atoms with Crippen LogP contribution in [0.2, 0.25) is 5.28 Å². The molecule has 39 heavy (non-hydrogen) atoms. The van der Waals surface area contributed by atoms with E-state index in [4.69, 9.17) is 26.6 Å². The monoisotopic (exact) mass is 563 g/mol. The molecule has 2 N–H and O–H groups in total. The summed E-state index contributed by atoms with van der Waals surface area (Å²) in [5, 5.41) is 7.68. The molecule has 1 aromatic rings. The Bertz CT molecular complexity index is 888. The summed E-state index contributed by atoms with van der Waals surface area (Å²) in [6, 6.07) is 1.13. The van der Waals surface area contributed by atoms with Crippen molar-refractivity contribution in [3.8, 4) is 0 Å².